The highest BCUT2D eigenvalue weighted by Gasteiger charge is 2.21. The van der Waals surface area contributed by atoms with Crippen molar-refractivity contribution in [2.75, 3.05) is 44.7 Å². The van der Waals surface area contributed by atoms with Gasteiger partial charge in [0.2, 0.25) is 5.13 Å². The topological polar surface area (TPSA) is 61.6 Å². The summed E-state index contributed by atoms with van der Waals surface area (Å²) in [5.41, 5.74) is 1.30. The van der Waals surface area contributed by atoms with Crippen LogP contribution in [0, 0.1) is 0 Å². The smallest absolute Gasteiger partial charge is 0.205 e. The van der Waals surface area contributed by atoms with Crippen LogP contribution in [-0.4, -0.2) is 64.6 Å². The second-order valence-corrected chi connectivity index (χ2v) is 7.95. The largest absolute Gasteiger partial charge is 0.356 e. The number of rotatable bonds is 6. The molecular weight excluding hydrogens is 382 g/mol. The predicted molar refractivity (Wildman–Crippen MR) is 121 cm³/mol. The predicted octanol–water partition coefficient (Wildman–Crippen LogP) is 2.84. The van der Waals surface area contributed by atoms with E-state index in [1.165, 1.54) is 22.4 Å². The van der Waals surface area contributed by atoms with Crippen LogP contribution in [0.3, 0.4) is 0 Å². The zero-order chi connectivity index (χ0) is 20.1. The first-order valence-corrected chi connectivity index (χ1v) is 11.1. The molecule has 1 fully saturated rings. The average molecular weight is 412 g/mol. The minimum atomic E-state index is 0.895. The maximum atomic E-state index is 4.62. The molecule has 29 heavy (non-hydrogen) atoms. The van der Waals surface area contributed by atoms with E-state index in [9.17, 15) is 0 Å². The minimum absolute atomic E-state index is 0.895. The minimum Gasteiger partial charge on any atom is -0.356 e. The summed E-state index contributed by atoms with van der Waals surface area (Å²) in [6, 6.07) is 10.7. The fraction of sp³-hybridized carbons (Fsp3) is 0.476. The Morgan fingerprint density at radius 1 is 1.17 bits per heavy atom. The van der Waals surface area contributed by atoms with E-state index in [-0.39, 0.29) is 0 Å². The number of anilines is 1. The molecule has 154 valence electrons. The standard InChI is InChI=1S/C21H29N7S/c1-3-19-24-21(29-25-19)28-15-13-27(14-16-28)20(22-2)23-10-6-11-26-12-9-17-7-4-5-8-18(17)26/h4-5,7-9,12H,3,6,10-11,13-16H2,1-2H3,(H,22,23). The fourth-order valence-electron chi connectivity index (χ4n) is 3.74. The van der Waals surface area contributed by atoms with Crippen LogP contribution >= 0.6 is 11.5 Å². The Hall–Kier alpha value is -2.61. The van der Waals surface area contributed by atoms with E-state index in [1.54, 1.807) is 0 Å². The van der Waals surface area contributed by atoms with Crippen molar-refractivity contribution in [2.24, 2.45) is 4.99 Å². The molecule has 3 heterocycles. The van der Waals surface area contributed by atoms with Crippen LogP contribution in [0.2, 0.25) is 0 Å². The van der Waals surface area contributed by atoms with Crippen molar-refractivity contribution in [1.29, 1.82) is 0 Å². The highest BCUT2D eigenvalue weighted by Crippen LogP contribution is 2.19. The molecule has 7 nitrogen and oxygen atoms in total. The molecule has 0 spiro atoms. The third-order valence-electron chi connectivity index (χ3n) is 5.37. The van der Waals surface area contributed by atoms with Gasteiger partial charge in [0.15, 0.2) is 5.96 Å². The van der Waals surface area contributed by atoms with Gasteiger partial charge in [0.25, 0.3) is 0 Å². The van der Waals surface area contributed by atoms with E-state index >= 15 is 0 Å². The molecule has 0 bridgehead atoms. The quantitative estimate of drug-likeness (QED) is 0.384. The monoisotopic (exact) mass is 411 g/mol. The molecule has 0 saturated carbocycles. The maximum absolute atomic E-state index is 4.62. The molecule has 1 aliphatic heterocycles. The second kappa shape index (κ2) is 9.26. The van der Waals surface area contributed by atoms with Gasteiger partial charge in [0.1, 0.15) is 5.82 Å². The molecule has 8 heteroatoms. The van der Waals surface area contributed by atoms with Crippen molar-refractivity contribution in [2.45, 2.75) is 26.3 Å². The van der Waals surface area contributed by atoms with Crippen LogP contribution in [0.1, 0.15) is 19.2 Å². The van der Waals surface area contributed by atoms with Gasteiger partial charge in [-0.3, -0.25) is 4.99 Å². The van der Waals surface area contributed by atoms with Gasteiger partial charge in [-0.25, -0.2) is 4.98 Å². The lowest BCUT2D eigenvalue weighted by atomic mass is 10.2. The number of para-hydroxylation sites is 1. The van der Waals surface area contributed by atoms with E-state index in [1.807, 2.05) is 7.05 Å². The van der Waals surface area contributed by atoms with Gasteiger partial charge in [-0.05, 0) is 23.9 Å². The fourth-order valence-corrected chi connectivity index (χ4v) is 4.54. The molecular formula is C21H29N7S. The molecule has 2 aromatic heterocycles. The first-order chi connectivity index (χ1) is 14.3. The number of piperazine rings is 1. The third kappa shape index (κ3) is 4.53. The summed E-state index contributed by atoms with van der Waals surface area (Å²) in [5.74, 6) is 1.94. The van der Waals surface area contributed by atoms with Gasteiger partial charge in [-0.1, -0.05) is 25.1 Å². The third-order valence-corrected chi connectivity index (χ3v) is 6.19. The normalized spacial score (nSPS) is 15.3. The number of benzene rings is 1. The van der Waals surface area contributed by atoms with Crippen molar-refractivity contribution in [1.82, 2.24) is 24.1 Å². The van der Waals surface area contributed by atoms with Crippen molar-refractivity contribution in [3.63, 3.8) is 0 Å². The first kappa shape index (κ1) is 19.7. The molecule has 3 aromatic rings. The van der Waals surface area contributed by atoms with E-state index in [0.29, 0.717) is 0 Å². The zero-order valence-electron chi connectivity index (χ0n) is 17.2. The van der Waals surface area contributed by atoms with Crippen molar-refractivity contribution in [3.05, 3.63) is 42.4 Å². The zero-order valence-corrected chi connectivity index (χ0v) is 18.0. The number of fused-ring (bicyclic) bond motifs is 1. The van der Waals surface area contributed by atoms with Crippen molar-refractivity contribution >= 4 is 33.5 Å². The van der Waals surface area contributed by atoms with Crippen LogP contribution in [0.5, 0.6) is 0 Å². The number of aryl methyl sites for hydroxylation is 2. The summed E-state index contributed by atoms with van der Waals surface area (Å²) in [4.78, 5) is 13.8. The van der Waals surface area contributed by atoms with Crippen LogP contribution in [-0.2, 0) is 13.0 Å². The van der Waals surface area contributed by atoms with Crippen molar-refractivity contribution in [3.8, 4) is 0 Å². The molecule has 1 aliphatic rings. The molecule has 1 saturated heterocycles. The van der Waals surface area contributed by atoms with Gasteiger partial charge in [-0.15, -0.1) is 0 Å². The van der Waals surface area contributed by atoms with E-state index < -0.39 is 0 Å². The SMILES string of the molecule is CCc1nsc(N2CCN(C(=NC)NCCCn3ccc4ccccc43)CC2)n1. The van der Waals surface area contributed by atoms with Gasteiger partial charge in [0, 0.05) is 76.0 Å². The molecule has 0 unspecified atom stereocenters. The van der Waals surface area contributed by atoms with E-state index in [0.717, 1.165) is 69.0 Å². The van der Waals surface area contributed by atoms with E-state index in [4.69, 9.17) is 0 Å². The highest BCUT2D eigenvalue weighted by molar-refractivity contribution is 7.09. The Kier molecular flexibility index (Phi) is 6.29. The van der Waals surface area contributed by atoms with Gasteiger partial charge in [0.05, 0.1) is 0 Å². The Morgan fingerprint density at radius 2 is 2.00 bits per heavy atom. The Labute approximate surface area is 176 Å². The number of nitrogens with zero attached hydrogens (tertiary/aromatic N) is 6. The van der Waals surface area contributed by atoms with Crippen molar-refractivity contribution < 1.29 is 0 Å². The Morgan fingerprint density at radius 3 is 2.76 bits per heavy atom. The molecule has 1 aromatic carbocycles. The van der Waals surface area contributed by atoms with Gasteiger partial charge < -0.3 is 19.7 Å². The van der Waals surface area contributed by atoms with Crippen LogP contribution in [0.25, 0.3) is 10.9 Å². The molecule has 0 amide bonds. The van der Waals surface area contributed by atoms with Crippen LogP contribution in [0.15, 0.2) is 41.5 Å². The summed E-state index contributed by atoms with van der Waals surface area (Å²) in [6.45, 7) is 7.81. The number of guanidine groups is 1. The summed E-state index contributed by atoms with van der Waals surface area (Å²) in [7, 11) is 1.87. The number of nitrogens with one attached hydrogen (secondary N) is 1. The molecule has 1 N–H and O–H groups in total. The summed E-state index contributed by atoms with van der Waals surface area (Å²) in [6.07, 6.45) is 4.13. The highest BCUT2D eigenvalue weighted by atomic mass is 32.1. The number of hydrogen-bond acceptors (Lipinski definition) is 5. The maximum Gasteiger partial charge on any atom is 0.205 e. The average Bonchev–Trinajstić information content (AvgIpc) is 3.41. The van der Waals surface area contributed by atoms with Gasteiger partial charge in [-0.2, -0.15) is 4.37 Å². The van der Waals surface area contributed by atoms with Crippen LogP contribution in [0.4, 0.5) is 5.13 Å². The lowest BCUT2D eigenvalue weighted by molar-refractivity contribution is 0.372. The lowest BCUT2D eigenvalue weighted by Gasteiger charge is -2.36. The molecule has 4 rings (SSSR count). The Bertz CT molecular complexity index is 953. The Balaban J connectivity index is 1.23. The summed E-state index contributed by atoms with van der Waals surface area (Å²) < 4.78 is 6.73. The number of aliphatic imine (C=N–C) groups is 1. The molecule has 0 atom stereocenters. The van der Waals surface area contributed by atoms with Gasteiger partial charge >= 0.3 is 0 Å². The lowest BCUT2D eigenvalue weighted by Crippen LogP contribution is -2.52. The molecule has 0 radical (unpaired) electrons. The summed E-state index contributed by atoms with van der Waals surface area (Å²) in [5, 5.41) is 5.88. The first-order valence-electron chi connectivity index (χ1n) is 10.4. The van der Waals surface area contributed by atoms with E-state index in [2.05, 4.69) is 77.5 Å². The van der Waals surface area contributed by atoms with Crippen LogP contribution < -0.4 is 10.2 Å². The molecule has 0 aliphatic carbocycles. The second-order valence-electron chi connectivity index (χ2n) is 7.22. The summed E-state index contributed by atoms with van der Waals surface area (Å²) >= 11 is 1.51. The number of aromatic nitrogens is 3. The number of hydrogen-bond donors (Lipinski definition) is 1.